The number of hydrogen-bond donors (Lipinski definition) is 3. The summed E-state index contributed by atoms with van der Waals surface area (Å²) in [6.45, 7) is 0.0566. The topological polar surface area (TPSA) is 58.3 Å². The van der Waals surface area contributed by atoms with Crippen LogP contribution in [0.4, 0.5) is 18.9 Å². The second-order valence-electron chi connectivity index (χ2n) is 2.69. The van der Waals surface area contributed by atoms with Crippen molar-refractivity contribution in [3.8, 4) is 0 Å². The third kappa shape index (κ3) is 2.15. The molecule has 6 heteroatoms. The van der Waals surface area contributed by atoms with Gasteiger partial charge in [0.1, 0.15) is 0 Å². The lowest BCUT2D eigenvalue weighted by Gasteiger charge is -2.11. The van der Waals surface area contributed by atoms with Gasteiger partial charge in [-0.25, -0.2) is 0 Å². The second kappa shape index (κ2) is 3.85. The molecule has 0 unspecified atom stereocenters. The molecule has 0 aliphatic heterocycles. The van der Waals surface area contributed by atoms with Gasteiger partial charge in [-0.3, -0.25) is 10.7 Å². The van der Waals surface area contributed by atoms with Gasteiger partial charge < -0.3 is 5.73 Å². The number of nitrogens with one attached hydrogen (secondary N) is 1. The first kappa shape index (κ1) is 10.8. The van der Waals surface area contributed by atoms with Crippen LogP contribution in [0, 0.1) is 0 Å². The van der Waals surface area contributed by atoms with Crippen LogP contribution in [0.5, 0.6) is 0 Å². The van der Waals surface area contributed by atoms with E-state index in [-0.39, 0.29) is 12.2 Å². The Bertz CT molecular complexity index is 325. The average Bonchev–Trinajstić information content (AvgIpc) is 2.15. The fraction of sp³-hybridized carbons (Fsp3) is 0.250. The number of halogens is 3. The highest BCUT2D eigenvalue weighted by Crippen LogP contribution is 2.31. The van der Waals surface area contributed by atoms with E-state index in [1.54, 1.807) is 5.48 Å². The molecule has 14 heavy (non-hydrogen) atoms. The molecule has 0 fully saturated rings. The first-order valence-electron chi connectivity index (χ1n) is 3.79. The standard InChI is InChI=1S/C8H9F3N2O/c9-8(10,11)6-2-1-5(4-12)7(3-6)13-14/h1-3,13-14H,4,12H2. The first-order chi connectivity index (χ1) is 6.49. The van der Waals surface area contributed by atoms with E-state index < -0.39 is 11.7 Å². The summed E-state index contributed by atoms with van der Waals surface area (Å²) in [5.41, 5.74) is 6.50. The van der Waals surface area contributed by atoms with Gasteiger partial charge in [0.15, 0.2) is 0 Å². The molecule has 0 aliphatic carbocycles. The lowest BCUT2D eigenvalue weighted by Crippen LogP contribution is -2.08. The van der Waals surface area contributed by atoms with Gasteiger partial charge in [-0.2, -0.15) is 13.2 Å². The number of rotatable bonds is 2. The number of alkyl halides is 3. The highest BCUT2D eigenvalue weighted by Gasteiger charge is 2.30. The zero-order valence-electron chi connectivity index (χ0n) is 7.10. The van der Waals surface area contributed by atoms with E-state index in [2.05, 4.69) is 0 Å². The molecule has 0 saturated heterocycles. The maximum atomic E-state index is 12.2. The van der Waals surface area contributed by atoms with Crippen molar-refractivity contribution in [3.63, 3.8) is 0 Å². The van der Waals surface area contributed by atoms with E-state index in [1.807, 2.05) is 0 Å². The summed E-state index contributed by atoms with van der Waals surface area (Å²) in [5.74, 6) is 0. The maximum absolute atomic E-state index is 12.2. The molecule has 0 atom stereocenters. The molecule has 3 nitrogen and oxygen atoms in total. The van der Waals surface area contributed by atoms with Gasteiger partial charge in [0.05, 0.1) is 11.3 Å². The lowest BCUT2D eigenvalue weighted by molar-refractivity contribution is -0.137. The molecule has 0 spiro atoms. The van der Waals surface area contributed by atoms with Gasteiger partial charge in [0, 0.05) is 6.54 Å². The Morgan fingerprint density at radius 1 is 1.36 bits per heavy atom. The molecule has 0 aliphatic rings. The smallest absolute Gasteiger partial charge is 0.326 e. The summed E-state index contributed by atoms with van der Waals surface area (Å²) in [4.78, 5) is 0. The first-order valence-corrected chi connectivity index (χ1v) is 3.79. The van der Waals surface area contributed by atoms with E-state index in [1.165, 1.54) is 6.07 Å². The number of nitrogens with two attached hydrogens (primary N) is 1. The number of anilines is 1. The van der Waals surface area contributed by atoms with E-state index in [9.17, 15) is 13.2 Å². The molecule has 0 saturated carbocycles. The second-order valence-corrected chi connectivity index (χ2v) is 2.69. The van der Waals surface area contributed by atoms with Crippen molar-refractivity contribution >= 4 is 5.69 Å². The highest BCUT2D eigenvalue weighted by atomic mass is 19.4. The van der Waals surface area contributed by atoms with Crippen LogP contribution in [0.1, 0.15) is 11.1 Å². The summed E-state index contributed by atoms with van der Waals surface area (Å²) in [7, 11) is 0. The Kier molecular flexibility index (Phi) is 2.97. The zero-order chi connectivity index (χ0) is 10.8. The molecule has 78 valence electrons. The van der Waals surface area contributed by atoms with Crippen LogP contribution in [0.25, 0.3) is 0 Å². The minimum absolute atomic E-state index is 0.0256. The fourth-order valence-corrected chi connectivity index (χ4v) is 1.03. The normalized spacial score (nSPS) is 11.5. The summed E-state index contributed by atoms with van der Waals surface area (Å²) in [6, 6.07) is 2.95. The predicted molar refractivity (Wildman–Crippen MR) is 44.7 cm³/mol. The van der Waals surface area contributed by atoms with E-state index >= 15 is 0 Å². The molecule has 1 rings (SSSR count). The molecule has 0 radical (unpaired) electrons. The molecule has 0 amide bonds. The van der Waals surface area contributed by atoms with Crippen LogP contribution in [0.3, 0.4) is 0 Å². The molecule has 1 aromatic rings. The summed E-state index contributed by atoms with van der Waals surface area (Å²) in [5, 5.41) is 8.57. The Balaban J connectivity index is 3.14. The van der Waals surface area contributed by atoms with Crippen molar-refractivity contribution in [2.75, 3.05) is 5.48 Å². The van der Waals surface area contributed by atoms with Gasteiger partial charge in [0.2, 0.25) is 0 Å². The van der Waals surface area contributed by atoms with Crippen molar-refractivity contribution in [2.24, 2.45) is 5.73 Å². The van der Waals surface area contributed by atoms with Crippen LogP contribution in [-0.2, 0) is 12.7 Å². The van der Waals surface area contributed by atoms with Gasteiger partial charge >= 0.3 is 6.18 Å². The number of benzene rings is 1. The molecule has 0 bridgehead atoms. The van der Waals surface area contributed by atoms with Gasteiger partial charge in [0.25, 0.3) is 0 Å². The Labute approximate surface area is 78.3 Å². The third-order valence-electron chi connectivity index (χ3n) is 1.78. The Morgan fingerprint density at radius 2 is 2.00 bits per heavy atom. The minimum atomic E-state index is -4.42. The Hall–Kier alpha value is -1.27. The minimum Gasteiger partial charge on any atom is -0.326 e. The zero-order valence-corrected chi connectivity index (χ0v) is 7.10. The van der Waals surface area contributed by atoms with Gasteiger partial charge in [-0.05, 0) is 17.7 Å². The Morgan fingerprint density at radius 3 is 2.43 bits per heavy atom. The maximum Gasteiger partial charge on any atom is 0.416 e. The van der Waals surface area contributed by atoms with Crippen molar-refractivity contribution < 1.29 is 18.4 Å². The van der Waals surface area contributed by atoms with Crippen molar-refractivity contribution in [1.29, 1.82) is 0 Å². The van der Waals surface area contributed by atoms with E-state index in [4.69, 9.17) is 10.9 Å². The van der Waals surface area contributed by atoms with E-state index in [0.29, 0.717) is 5.56 Å². The summed E-state index contributed by atoms with van der Waals surface area (Å²) < 4.78 is 36.6. The van der Waals surface area contributed by atoms with Crippen molar-refractivity contribution in [2.45, 2.75) is 12.7 Å². The molecule has 4 N–H and O–H groups in total. The quantitative estimate of drug-likeness (QED) is 0.648. The van der Waals surface area contributed by atoms with Crippen molar-refractivity contribution in [3.05, 3.63) is 29.3 Å². The molecular formula is C8H9F3N2O. The SMILES string of the molecule is NCc1ccc(C(F)(F)F)cc1NO. The van der Waals surface area contributed by atoms with Crippen LogP contribution >= 0.6 is 0 Å². The molecular weight excluding hydrogens is 197 g/mol. The predicted octanol–water partition coefficient (Wildman–Crippen LogP) is 1.97. The monoisotopic (exact) mass is 206 g/mol. The van der Waals surface area contributed by atoms with Crippen molar-refractivity contribution in [1.82, 2.24) is 0 Å². The third-order valence-corrected chi connectivity index (χ3v) is 1.78. The van der Waals surface area contributed by atoms with Crippen LogP contribution < -0.4 is 11.2 Å². The van der Waals surface area contributed by atoms with Gasteiger partial charge in [-0.15, -0.1) is 0 Å². The fourth-order valence-electron chi connectivity index (χ4n) is 1.03. The lowest BCUT2D eigenvalue weighted by atomic mass is 10.1. The molecule has 0 aromatic heterocycles. The highest BCUT2D eigenvalue weighted by molar-refractivity contribution is 5.52. The van der Waals surface area contributed by atoms with Gasteiger partial charge in [-0.1, -0.05) is 6.07 Å². The molecule has 1 aromatic carbocycles. The van der Waals surface area contributed by atoms with Crippen LogP contribution in [0.15, 0.2) is 18.2 Å². The summed E-state index contributed by atoms with van der Waals surface area (Å²) >= 11 is 0. The number of hydrogen-bond acceptors (Lipinski definition) is 3. The largest absolute Gasteiger partial charge is 0.416 e. The molecule has 0 heterocycles. The average molecular weight is 206 g/mol. The van der Waals surface area contributed by atoms with Crippen LogP contribution in [-0.4, -0.2) is 5.21 Å². The van der Waals surface area contributed by atoms with E-state index in [0.717, 1.165) is 12.1 Å². The van der Waals surface area contributed by atoms with Crippen LogP contribution in [0.2, 0.25) is 0 Å². The summed E-state index contributed by atoms with van der Waals surface area (Å²) in [6.07, 6.45) is -4.42.